The number of benzene rings is 1. The number of alkyl halides is 2. The third-order valence-corrected chi connectivity index (χ3v) is 2.88. The molecule has 0 aliphatic rings. The van der Waals surface area contributed by atoms with Crippen LogP contribution in [0.3, 0.4) is 0 Å². The van der Waals surface area contributed by atoms with E-state index in [4.69, 9.17) is 23.2 Å². The molecule has 1 amide bonds. The lowest BCUT2D eigenvalue weighted by Gasteiger charge is -2.20. The van der Waals surface area contributed by atoms with Crippen LogP contribution in [0.15, 0.2) is 24.3 Å². The Morgan fingerprint density at radius 1 is 1.12 bits per heavy atom. The Hall–Kier alpha value is -0.730. The Morgan fingerprint density at radius 3 is 2.12 bits per heavy atom. The van der Waals surface area contributed by atoms with Crippen LogP contribution in [-0.2, 0) is 11.2 Å². The van der Waals surface area contributed by atoms with Gasteiger partial charge in [0.25, 0.3) is 0 Å². The van der Waals surface area contributed by atoms with Crippen molar-refractivity contribution in [3.63, 3.8) is 0 Å². The van der Waals surface area contributed by atoms with Crippen LogP contribution < -0.4 is 0 Å². The number of carbonyl (C=O) groups excluding carboxylic acids is 1. The summed E-state index contributed by atoms with van der Waals surface area (Å²) in [6.45, 7) is 3.14. The molecule has 94 valence electrons. The number of nitrogens with zero attached hydrogens (tertiary/aromatic N) is 1. The van der Waals surface area contributed by atoms with Crippen LogP contribution in [-0.4, -0.2) is 35.7 Å². The van der Waals surface area contributed by atoms with Crippen molar-refractivity contribution in [2.24, 2.45) is 0 Å². The van der Waals surface area contributed by atoms with E-state index >= 15 is 0 Å². The van der Waals surface area contributed by atoms with E-state index in [0.717, 1.165) is 5.56 Å². The first-order chi connectivity index (χ1) is 8.17. The topological polar surface area (TPSA) is 20.3 Å². The first kappa shape index (κ1) is 14.3. The summed E-state index contributed by atoms with van der Waals surface area (Å²) in [6, 6.07) is 7.98. The molecular formula is C13H17Cl2NO. The zero-order valence-electron chi connectivity index (χ0n) is 9.96. The van der Waals surface area contributed by atoms with Crippen molar-refractivity contribution in [3.05, 3.63) is 35.4 Å². The van der Waals surface area contributed by atoms with E-state index in [0.29, 0.717) is 31.3 Å². The molecule has 0 fully saturated rings. The van der Waals surface area contributed by atoms with Gasteiger partial charge >= 0.3 is 0 Å². The fourth-order valence-corrected chi connectivity index (χ4v) is 1.97. The van der Waals surface area contributed by atoms with Crippen LogP contribution >= 0.6 is 23.2 Å². The molecular weight excluding hydrogens is 257 g/mol. The molecule has 0 heterocycles. The summed E-state index contributed by atoms with van der Waals surface area (Å²) in [7, 11) is 0. The van der Waals surface area contributed by atoms with Crippen molar-refractivity contribution in [3.8, 4) is 0 Å². The standard InChI is InChI=1S/C13H17Cl2NO/c1-11-2-4-12(5-3-11)10-13(17)16(8-6-14)9-7-15/h2-5H,6-10H2,1H3. The van der Waals surface area contributed by atoms with Gasteiger partial charge in [-0.3, -0.25) is 4.79 Å². The highest BCUT2D eigenvalue weighted by atomic mass is 35.5. The summed E-state index contributed by atoms with van der Waals surface area (Å²) in [6.07, 6.45) is 0.411. The Balaban J connectivity index is 2.59. The molecule has 0 atom stereocenters. The molecule has 2 nitrogen and oxygen atoms in total. The Labute approximate surface area is 113 Å². The van der Waals surface area contributed by atoms with Crippen LogP contribution in [0.2, 0.25) is 0 Å². The minimum atomic E-state index is 0.0788. The van der Waals surface area contributed by atoms with Gasteiger partial charge in [0.2, 0.25) is 5.91 Å². The molecule has 1 aromatic rings. The van der Waals surface area contributed by atoms with Crippen molar-refractivity contribution < 1.29 is 4.79 Å². The van der Waals surface area contributed by atoms with Crippen molar-refractivity contribution in [1.29, 1.82) is 0 Å². The van der Waals surface area contributed by atoms with E-state index in [1.165, 1.54) is 5.56 Å². The number of rotatable bonds is 6. The highest BCUT2D eigenvalue weighted by Crippen LogP contribution is 2.06. The molecule has 0 N–H and O–H groups in total. The summed E-state index contributed by atoms with van der Waals surface area (Å²) in [5.74, 6) is 0.961. The lowest BCUT2D eigenvalue weighted by atomic mass is 10.1. The zero-order valence-corrected chi connectivity index (χ0v) is 11.5. The first-order valence-corrected chi connectivity index (χ1v) is 6.69. The summed E-state index contributed by atoms with van der Waals surface area (Å²) in [4.78, 5) is 13.7. The lowest BCUT2D eigenvalue weighted by molar-refractivity contribution is -0.130. The van der Waals surface area contributed by atoms with Crippen molar-refractivity contribution in [2.45, 2.75) is 13.3 Å². The average Bonchev–Trinajstić information content (AvgIpc) is 2.32. The second kappa shape index (κ2) is 7.57. The summed E-state index contributed by atoms with van der Waals surface area (Å²) in [5, 5.41) is 0. The molecule has 1 aromatic carbocycles. The molecule has 17 heavy (non-hydrogen) atoms. The Bertz CT molecular complexity index is 345. The maximum Gasteiger partial charge on any atom is 0.227 e. The molecule has 0 radical (unpaired) electrons. The SMILES string of the molecule is Cc1ccc(CC(=O)N(CCCl)CCCl)cc1. The maximum atomic E-state index is 12.0. The third-order valence-electron chi connectivity index (χ3n) is 2.54. The van der Waals surface area contributed by atoms with Crippen LogP contribution in [0, 0.1) is 6.92 Å². The summed E-state index contributed by atoms with van der Waals surface area (Å²) >= 11 is 11.3. The highest BCUT2D eigenvalue weighted by molar-refractivity contribution is 6.18. The fraction of sp³-hybridized carbons (Fsp3) is 0.462. The van der Waals surface area contributed by atoms with Crippen molar-refractivity contribution in [2.75, 3.05) is 24.8 Å². The predicted molar refractivity (Wildman–Crippen MR) is 72.9 cm³/mol. The number of halogens is 2. The normalized spacial score (nSPS) is 10.3. The smallest absolute Gasteiger partial charge is 0.227 e. The number of amides is 1. The largest absolute Gasteiger partial charge is 0.340 e. The monoisotopic (exact) mass is 273 g/mol. The van der Waals surface area contributed by atoms with E-state index < -0.39 is 0 Å². The second-order valence-corrected chi connectivity index (χ2v) is 4.68. The average molecular weight is 274 g/mol. The van der Waals surface area contributed by atoms with Crippen molar-refractivity contribution in [1.82, 2.24) is 4.90 Å². The summed E-state index contributed by atoms with van der Waals surface area (Å²) < 4.78 is 0. The van der Waals surface area contributed by atoms with Gasteiger partial charge in [0.1, 0.15) is 0 Å². The van der Waals surface area contributed by atoms with Crippen LogP contribution in [0.5, 0.6) is 0 Å². The maximum absolute atomic E-state index is 12.0. The molecule has 0 aliphatic carbocycles. The first-order valence-electron chi connectivity index (χ1n) is 5.62. The second-order valence-electron chi connectivity index (χ2n) is 3.92. The van der Waals surface area contributed by atoms with Gasteiger partial charge in [0.05, 0.1) is 6.42 Å². The van der Waals surface area contributed by atoms with Gasteiger partial charge in [-0.05, 0) is 12.5 Å². The molecule has 0 saturated carbocycles. The Kier molecular flexibility index (Phi) is 6.38. The molecule has 0 aliphatic heterocycles. The molecule has 0 bridgehead atoms. The van der Waals surface area contributed by atoms with Gasteiger partial charge < -0.3 is 4.90 Å². The van der Waals surface area contributed by atoms with Crippen LogP contribution in [0.25, 0.3) is 0 Å². The van der Waals surface area contributed by atoms with Gasteiger partial charge in [-0.2, -0.15) is 0 Å². The van der Waals surface area contributed by atoms with E-state index in [1.807, 2.05) is 31.2 Å². The minimum Gasteiger partial charge on any atom is -0.340 e. The van der Waals surface area contributed by atoms with Gasteiger partial charge in [0, 0.05) is 24.8 Å². The van der Waals surface area contributed by atoms with E-state index in [1.54, 1.807) is 4.90 Å². The lowest BCUT2D eigenvalue weighted by Crippen LogP contribution is -2.35. The van der Waals surface area contributed by atoms with Crippen molar-refractivity contribution >= 4 is 29.1 Å². The Morgan fingerprint density at radius 2 is 1.65 bits per heavy atom. The predicted octanol–water partition coefficient (Wildman–Crippen LogP) is 2.84. The van der Waals surface area contributed by atoms with Gasteiger partial charge in [0.15, 0.2) is 0 Å². The fourth-order valence-electron chi connectivity index (χ4n) is 1.56. The van der Waals surface area contributed by atoms with Crippen LogP contribution in [0.1, 0.15) is 11.1 Å². The van der Waals surface area contributed by atoms with E-state index in [2.05, 4.69) is 0 Å². The molecule has 4 heteroatoms. The molecule has 0 saturated heterocycles. The number of aryl methyl sites for hydroxylation is 1. The number of hydrogen-bond acceptors (Lipinski definition) is 1. The minimum absolute atomic E-state index is 0.0788. The quantitative estimate of drug-likeness (QED) is 0.730. The molecule has 0 aromatic heterocycles. The zero-order chi connectivity index (χ0) is 12.7. The third kappa shape index (κ3) is 4.97. The number of hydrogen-bond donors (Lipinski definition) is 0. The molecule has 1 rings (SSSR count). The summed E-state index contributed by atoms with van der Waals surface area (Å²) in [5.41, 5.74) is 2.22. The van der Waals surface area contributed by atoms with Gasteiger partial charge in [-0.1, -0.05) is 29.8 Å². The van der Waals surface area contributed by atoms with Gasteiger partial charge in [-0.15, -0.1) is 23.2 Å². The van der Waals surface area contributed by atoms with E-state index in [9.17, 15) is 4.79 Å². The molecule has 0 unspecified atom stereocenters. The van der Waals surface area contributed by atoms with Crippen LogP contribution in [0.4, 0.5) is 0 Å². The molecule has 0 spiro atoms. The number of carbonyl (C=O) groups is 1. The highest BCUT2D eigenvalue weighted by Gasteiger charge is 2.12. The van der Waals surface area contributed by atoms with E-state index in [-0.39, 0.29) is 5.91 Å². The van der Waals surface area contributed by atoms with Gasteiger partial charge in [-0.25, -0.2) is 0 Å².